The zero-order valence-electron chi connectivity index (χ0n) is 4.08. The lowest BCUT2D eigenvalue weighted by atomic mass is 10.3. The van der Waals surface area contributed by atoms with Gasteiger partial charge in [-0.25, -0.2) is 0 Å². The molecular formula is C4H11ClN+. The summed E-state index contributed by atoms with van der Waals surface area (Å²) in [5.74, 6) is 0.691. The van der Waals surface area contributed by atoms with E-state index in [0.29, 0.717) is 11.9 Å². The average molecular weight is 109 g/mol. The van der Waals surface area contributed by atoms with E-state index < -0.39 is 0 Å². The lowest BCUT2D eigenvalue weighted by Crippen LogP contribution is -2.61. The minimum Gasteiger partial charge on any atom is -0.354 e. The number of rotatable bonds is 2. The second-order valence-electron chi connectivity index (χ2n) is 1.43. The largest absolute Gasteiger partial charge is 0.354 e. The zero-order valence-corrected chi connectivity index (χ0v) is 4.83. The molecule has 0 aliphatic carbocycles. The fourth-order valence-corrected chi connectivity index (χ4v) is 0.327. The van der Waals surface area contributed by atoms with Gasteiger partial charge in [-0.1, -0.05) is 6.92 Å². The molecule has 38 valence electrons. The fraction of sp³-hybridized carbons (Fsp3) is 1.00. The van der Waals surface area contributed by atoms with Crippen molar-refractivity contribution in [2.75, 3.05) is 5.88 Å². The predicted molar refractivity (Wildman–Crippen MR) is 27.7 cm³/mol. The number of halogens is 1. The Labute approximate surface area is 43.5 Å². The zero-order chi connectivity index (χ0) is 4.99. The van der Waals surface area contributed by atoms with Crippen LogP contribution in [0.1, 0.15) is 13.3 Å². The molecule has 1 atom stereocenters. The Morgan fingerprint density at radius 1 is 1.83 bits per heavy atom. The van der Waals surface area contributed by atoms with Crippen LogP contribution in [0.25, 0.3) is 0 Å². The number of alkyl halides is 1. The van der Waals surface area contributed by atoms with Gasteiger partial charge in [-0.3, -0.25) is 0 Å². The van der Waals surface area contributed by atoms with E-state index in [2.05, 4.69) is 12.7 Å². The van der Waals surface area contributed by atoms with Crippen molar-refractivity contribution in [3.8, 4) is 0 Å². The molecule has 0 aliphatic heterocycles. The summed E-state index contributed by atoms with van der Waals surface area (Å²) in [5, 5.41) is 0. The Morgan fingerprint density at radius 2 is 2.33 bits per heavy atom. The lowest BCUT2D eigenvalue weighted by Gasteiger charge is -1.93. The van der Waals surface area contributed by atoms with Crippen molar-refractivity contribution in [2.45, 2.75) is 19.4 Å². The Kier molecular flexibility index (Phi) is 3.58. The maximum atomic E-state index is 5.39. The van der Waals surface area contributed by atoms with E-state index in [0.717, 1.165) is 6.42 Å². The summed E-state index contributed by atoms with van der Waals surface area (Å²) in [6.45, 7) is 2.08. The molecule has 0 amide bonds. The second kappa shape index (κ2) is 3.44. The van der Waals surface area contributed by atoms with Crippen molar-refractivity contribution in [3.63, 3.8) is 0 Å². The second-order valence-corrected chi connectivity index (χ2v) is 1.74. The van der Waals surface area contributed by atoms with E-state index in [1.165, 1.54) is 0 Å². The Hall–Kier alpha value is 0.250. The molecule has 1 unspecified atom stereocenters. The highest BCUT2D eigenvalue weighted by atomic mass is 35.5. The number of hydrogen-bond acceptors (Lipinski definition) is 0. The molecule has 0 aromatic rings. The van der Waals surface area contributed by atoms with Crippen LogP contribution in [0.5, 0.6) is 0 Å². The van der Waals surface area contributed by atoms with E-state index in [1.54, 1.807) is 0 Å². The van der Waals surface area contributed by atoms with Gasteiger partial charge in [0.15, 0.2) is 0 Å². The topological polar surface area (TPSA) is 27.6 Å². The van der Waals surface area contributed by atoms with Crippen molar-refractivity contribution < 1.29 is 5.73 Å². The molecule has 6 heavy (non-hydrogen) atoms. The van der Waals surface area contributed by atoms with Gasteiger partial charge >= 0.3 is 0 Å². The van der Waals surface area contributed by atoms with Crippen LogP contribution >= 0.6 is 11.6 Å². The number of hydrogen-bond donors (Lipinski definition) is 1. The van der Waals surface area contributed by atoms with E-state index in [-0.39, 0.29) is 0 Å². The molecule has 0 aromatic carbocycles. The van der Waals surface area contributed by atoms with Gasteiger partial charge in [0.1, 0.15) is 0 Å². The molecule has 0 fully saturated rings. The summed E-state index contributed by atoms with van der Waals surface area (Å²) >= 11 is 5.39. The molecule has 0 spiro atoms. The van der Waals surface area contributed by atoms with Crippen molar-refractivity contribution in [3.05, 3.63) is 0 Å². The standard InChI is InChI=1S/C4H10ClN/c1-2-4(6)3-5/h4H,2-3,6H2,1H3/p+1. The normalized spacial score (nSPS) is 14.5. The fourth-order valence-electron chi connectivity index (χ4n) is 0.109. The van der Waals surface area contributed by atoms with Crippen molar-refractivity contribution >= 4 is 11.6 Å². The van der Waals surface area contributed by atoms with Gasteiger partial charge in [-0.05, 0) is 6.42 Å². The SMILES string of the molecule is CCC([NH3+])CCl. The first-order valence-corrected chi connectivity index (χ1v) is 2.73. The van der Waals surface area contributed by atoms with Crippen LogP contribution in [0.3, 0.4) is 0 Å². The molecule has 0 aromatic heterocycles. The smallest absolute Gasteiger partial charge is 0.0978 e. The van der Waals surface area contributed by atoms with Crippen LogP contribution in [0.4, 0.5) is 0 Å². The molecule has 0 radical (unpaired) electrons. The van der Waals surface area contributed by atoms with Gasteiger partial charge in [0.05, 0.1) is 11.9 Å². The molecule has 0 heterocycles. The average Bonchev–Trinajstić information content (AvgIpc) is 1.65. The van der Waals surface area contributed by atoms with E-state index in [1.807, 2.05) is 0 Å². The Morgan fingerprint density at radius 3 is 2.33 bits per heavy atom. The lowest BCUT2D eigenvalue weighted by molar-refractivity contribution is -0.412. The van der Waals surface area contributed by atoms with Gasteiger partial charge in [0, 0.05) is 0 Å². The van der Waals surface area contributed by atoms with Gasteiger partial charge < -0.3 is 5.73 Å². The van der Waals surface area contributed by atoms with E-state index in [4.69, 9.17) is 11.6 Å². The monoisotopic (exact) mass is 108 g/mol. The van der Waals surface area contributed by atoms with Crippen molar-refractivity contribution in [2.24, 2.45) is 0 Å². The third kappa shape index (κ3) is 2.49. The van der Waals surface area contributed by atoms with E-state index >= 15 is 0 Å². The van der Waals surface area contributed by atoms with Crippen LogP contribution in [0, 0.1) is 0 Å². The maximum absolute atomic E-state index is 5.39. The third-order valence-corrected chi connectivity index (χ3v) is 1.23. The van der Waals surface area contributed by atoms with Gasteiger partial charge in [-0.2, -0.15) is 0 Å². The first-order chi connectivity index (χ1) is 2.81. The van der Waals surface area contributed by atoms with Crippen LogP contribution in [-0.2, 0) is 0 Å². The number of quaternary nitrogens is 1. The summed E-state index contributed by atoms with van der Waals surface area (Å²) in [4.78, 5) is 0. The third-order valence-electron chi connectivity index (χ3n) is 0.796. The molecule has 2 heteroatoms. The van der Waals surface area contributed by atoms with Crippen LogP contribution in [-0.4, -0.2) is 11.9 Å². The minimum atomic E-state index is 0.451. The molecule has 0 bridgehead atoms. The van der Waals surface area contributed by atoms with Crippen molar-refractivity contribution in [1.82, 2.24) is 0 Å². The van der Waals surface area contributed by atoms with Crippen LogP contribution in [0.15, 0.2) is 0 Å². The molecular weight excluding hydrogens is 97.5 g/mol. The highest BCUT2D eigenvalue weighted by Crippen LogP contribution is 1.84. The Balaban J connectivity index is 2.75. The highest BCUT2D eigenvalue weighted by Gasteiger charge is 1.95. The van der Waals surface area contributed by atoms with Crippen molar-refractivity contribution in [1.29, 1.82) is 0 Å². The maximum Gasteiger partial charge on any atom is 0.0978 e. The first kappa shape index (κ1) is 6.25. The summed E-state index contributed by atoms with van der Waals surface area (Å²) in [6, 6.07) is 0.451. The van der Waals surface area contributed by atoms with Gasteiger partial charge in [0.25, 0.3) is 0 Å². The molecule has 0 saturated heterocycles. The molecule has 0 rings (SSSR count). The summed E-state index contributed by atoms with van der Waals surface area (Å²) in [6.07, 6.45) is 1.09. The predicted octanol–water partition coefficient (Wildman–Crippen LogP) is 0.246. The van der Waals surface area contributed by atoms with Gasteiger partial charge in [0.2, 0.25) is 0 Å². The summed E-state index contributed by atoms with van der Waals surface area (Å²) < 4.78 is 0. The summed E-state index contributed by atoms with van der Waals surface area (Å²) in [7, 11) is 0. The van der Waals surface area contributed by atoms with Gasteiger partial charge in [-0.15, -0.1) is 11.6 Å². The molecule has 0 aliphatic rings. The quantitative estimate of drug-likeness (QED) is 0.491. The molecule has 1 nitrogen and oxygen atoms in total. The highest BCUT2D eigenvalue weighted by molar-refractivity contribution is 6.18. The first-order valence-electron chi connectivity index (χ1n) is 2.20. The minimum absolute atomic E-state index is 0.451. The van der Waals surface area contributed by atoms with E-state index in [9.17, 15) is 0 Å². The summed E-state index contributed by atoms with van der Waals surface area (Å²) in [5.41, 5.74) is 3.74. The Bertz CT molecular complexity index is 26.7. The molecule has 3 N–H and O–H groups in total. The van der Waals surface area contributed by atoms with Crippen LogP contribution < -0.4 is 5.73 Å². The van der Waals surface area contributed by atoms with Crippen LogP contribution in [0.2, 0.25) is 0 Å². The molecule has 0 saturated carbocycles.